The predicted octanol–water partition coefficient (Wildman–Crippen LogP) is 1.71. The molecule has 1 aromatic heterocycles. The fraction of sp³-hybridized carbons (Fsp3) is 0.476. The number of amides is 2. The van der Waals surface area contributed by atoms with Crippen molar-refractivity contribution >= 4 is 17.7 Å². The van der Waals surface area contributed by atoms with Crippen LogP contribution in [0.15, 0.2) is 30.5 Å². The Bertz CT molecular complexity index is 919. The molecular formula is C21H29N5O5. The fourth-order valence-corrected chi connectivity index (χ4v) is 3.08. The van der Waals surface area contributed by atoms with E-state index < -0.39 is 11.5 Å². The van der Waals surface area contributed by atoms with Gasteiger partial charge < -0.3 is 30.6 Å². The van der Waals surface area contributed by atoms with Gasteiger partial charge >= 0.3 is 6.09 Å². The van der Waals surface area contributed by atoms with Crippen LogP contribution in [0, 0.1) is 0 Å². The van der Waals surface area contributed by atoms with Gasteiger partial charge in [0.1, 0.15) is 5.60 Å². The van der Waals surface area contributed by atoms with Gasteiger partial charge in [-0.1, -0.05) is 12.1 Å². The van der Waals surface area contributed by atoms with Crippen molar-refractivity contribution < 1.29 is 23.8 Å². The lowest BCUT2D eigenvalue weighted by Gasteiger charge is -2.34. The Labute approximate surface area is 181 Å². The van der Waals surface area contributed by atoms with Crippen molar-refractivity contribution in [2.75, 3.05) is 32.0 Å². The Kier molecular flexibility index (Phi) is 6.81. The van der Waals surface area contributed by atoms with Crippen LogP contribution in [0.5, 0.6) is 0 Å². The number of benzene rings is 1. The number of aromatic nitrogens is 2. The van der Waals surface area contributed by atoms with Gasteiger partial charge in [-0.2, -0.15) is 5.10 Å². The van der Waals surface area contributed by atoms with Crippen LogP contribution in [0.3, 0.4) is 0 Å². The molecule has 1 fully saturated rings. The molecule has 0 radical (unpaired) electrons. The summed E-state index contributed by atoms with van der Waals surface area (Å²) >= 11 is 0. The number of ether oxygens (including phenoxy) is 3. The van der Waals surface area contributed by atoms with E-state index in [0.717, 1.165) is 11.3 Å². The van der Waals surface area contributed by atoms with E-state index in [9.17, 15) is 9.59 Å². The summed E-state index contributed by atoms with van der Waals surface area (Å²) in [5, 5.41) is 4.10. The number of carbonyl (C=O) groups is 2. The van der Waals surface area contributed by atoms with Gasteiger partial charge in [0.2, 0.25) is 0 Å². The third-order valence-corrected chi connectivity index (χ3v) is 4.54. The van der Waals surface area contributed by atoms with Gasteiger partial charge in [0.05, 0.1) is 50.0 Å². The second kappa shape index (κ2) is 9.36. The van der Waals surface area contributed by atoms with Crippen LogP contribution in [0.2, 0.25) is 0 Å². The zero-order chi connectivity index (χ0) is 22.6. The number of hydrogen-bond acceptors (Lipinski definition) is 7. The fourth-order valence-electron chi connectivity index (χ4n) is 3.08. The van der Waals surface area contributed by atoms with Gasteiger partial charge in [-0.3, -0.25) is 4.79 Å². The maximum absolute atomic E-state index is 12.2. The first kappa shape index (κ1) is 22.6. The maximum Gasteiger partial charge on any atom is 0.410 e. The minimum absolute atomic E-state index is 0.0420. The van der Waals surface area contributed by atoms with Crippen molar-refractivity contribution in [2.45, 2.75) is 39.1 Å². The number of nitrogens with two attached hydrogens (primary N) is 2. The summed E-state index contributed by atoms with van der Waals surface area (Å²) in [6, 6.07) is 7.48. The number of primary amides is 1. The second-order valence-corrected chi connectivity index (χ2v) is 8.34. The van der Waals surface area contributed by atoms with Crippen LogP contribution in [0.1, 0.15) is 36.8 Å². The molecule has 0 aliphatic carbocycles. The summed E-state index contributed by atoms with van der Waals surface area (Å²) in [6.07, 6.45) is 0.998. The molecule has 31 heavy (non-hydrogen) atoms. The minimum Gasteiger partial charge on any atom is -0.444 e. The number of morpholine rings is 1. The highest BCUT2D eigenvalue weighted by molar-refractivity contribution is 5.95. The van der Waals surface area contributed by atoms with Crippen LogP contribution >= 0.6 is 0 Å². The van der Waals surface area contributed by atoms with Crippen molar-refractivity contribution in [1.29, 1.82) is 0 Å². The molecule has 1 aliphatic rings. The van der Waals surface area contributed by atoms with E-state index in [1.54, 1.807) is 11.1 Å². The van der Waals surface area contributed by atoms with E-state index in [2.05, 4.69) is 5.10 Å². The molecule has 1 aliphatic heterocycles. The monoisotopic (exact) mass is 431 g/mol. The van der Waals surface area contributed by atoms with Crippen LogP contribution in [0.25, 0.3) is 5.69 Å². The Morgan fingerprint density at radius 3 is 2.58 bits per heavy atom. The SMILES string of the molecule is CC(C)(C)OC(=O)N1CCOC(COCc2ccc(-n3cc(N)c(C(N)=O)n3)cc2)C1. The second-order valence-electron chi connectivity index (χ2n) is 8.34. The summed E-state index contributed by atoms with van der Waals surface area (Å²) in [4.78, 5) is 25.2. The summed E-state index contributed by atoms with van der Waals surface area (Å²) in [5.41, 5.74) is 12.4. The van der Waals surface area contributed by atoms with Crippen LogP contribution in [-0.2, 0) is 20.8 Å². The lowest BCUT2D eigenvalue weighted by atomic mass is 10.2. The van der Waals surface area contributed by atoms with Crippen molar-refractivity contribution in [3.05, 3.63) is 41.7 Å². The molecule has 3 rings (SSSR count). The summed E-state index contributed by atoms with van der Waals surface area (Å²) in [6.45, 7) is 7.65. The average Bonchev–Trinajstić information content (AvgIpc) is 3.09. The molecule has 0 bridgehead atoms. The number of anilines is 1. The number of nitrogen functional groups attached to an aromatic ring is 1. The first-order valence-corrected chi connectivity index (χ1v) is 10.0. The Morgan fingerprint density at radius 1 is 1.26 bits per heavy atom. The summed E-state index contributed by atoms with van der Waals surface area (Å²) in [7, 11) is 0. The largest absolute Gasteiger partial charge is 0.444 e. The van der Waals surface area contributed by atoms with E-state index in [4.69, 9.17) is 25.7 Å². The minimum atomic E-state index is -0.670. The van der Waals surface area contributed by atoms with Gasteiger partial charge in [-0.15, -0.1) is 0 Å². The summed E-state index contributed by atoms with van der Waals surface area (Å²) < 4.78 is 18.4. The predicted molar refractivity (Wildman–Crippen MR) is 114 cm³/mol. The average molecular weight is 431 g/mol. The smallest absolute Gasteiger partial charge is 0.410 e. The van der Waals surface area contributed by atoms with E-state index in [0.29, 0.717) is 32.9 Å². The lowest BCUT2D eigenvalue weighted by molar-refractivity contribution is -0.0750. The van der Waals surface area contributed by atoms with Gasteiger partial charge in [0, 0.05) is 6.54 Å². The van der Waals surface area contributed by atoms with Crippen molar-refractivity contribution in [2.24, 2.45) is 5.73 Å². The third kappa shape index (κ3) is 6.19. The molecular weight excluding hydrogens is 402 g/mol. The van der Waals surface area contributed by atoms with E-state index in [1.165, 1.54) is 4.68 Å². The standard InChI is InChI=1S/C21H29N5O5/c1-21(2,3)31-20(28)25-8-9-30-16(10-25)13-29-12-14-4-6-15(7-5-14)26-11-17(22)18(24-26)19(23)27/h4-7,11,16H,8-10,12-13,22H2,1-3H3,(H2,23,27). The van der Waals surface area contributed by atoms with Crippen molar-refractivity contribution in [1.82, 2.24) is 14.7 Å². The molecule has 1 saturated heterocycles. The number of hydrogen-bond donors (Lipinski definition) is 2. The van der Waals surface area contributed by atoms with Crippen LogP contribution in [0.4, 0.5) is 10.5 Å². The highest BCUT2D eigenvalue weighted by atomic mass is 16.6. The molecule has 0 saturated carbocycles. The van der Waals surface area contributed by atoms with E-state index in [1.807, 2.05) is 45.0 Å². The highest BCUT2D eigenvalue weighted by Crippen LogP contribution is 2.16. The first-order chi connectivity index (χ1) is 14.6. The molecule has 10 nitrogen and oxygen atoms in total. The van der Waals surface area contributed by atoms with Crippen LogP contribution in [-0.4, -0.2) is 64.7 Å². The molecule has 2 aromatic rings. The van der Waals surface area contributed by atoms with Crippen molar-refractivity contribution in [3.8, 4) is 5.69 Å². The molecule has 2 heterocycles. The van der Waals surface area contributed by atoms with Crippen LogP contribution < -0.4 is 11.5 Å². The number of carbonyl (C=O) groups excluding carboxylic acids is 2. The zero-order valence-electron chi connectivity index (χ0n) is 18.0. The molecule has 0 spiro atoms. The summed E-state index contributed by atoms with van der Waals surface area (Å²) in [5.74, 6) is -0.670. The lowest BCUT2D eigenvalue weighted by Crippen LogP contribution is -2.48. The topological polar surface area (TPSA) is 135 Å². The molecule has 4 N–H and O–H groups in total. The number of nitrogens with zero attached hydrogens (tertiary/aromatic N) is 3. The van der Waals surface area contributed by atoms with E-state index in [-0.39, 0.29) is 23.6 Å². The van der Waals surface area contributed by atoms with E-state index >= 15 is 0 Å². The molecule has 168 valence electrons. The molecule has 2 amide bonds. The highest BCUT2D eigenvalue weighted by Gasteiger charge is 2.28. The molecule has 1 atom stereocenters. The Hall–Kier alpha value is -3.11. The van der Waals surface area contributed by atoms with Gasteiger partial charge in [-0.25, -0.2) is 9.48 Å². The quantitative estimate of drug-likeness (QED) is 0.711. The normalized spacial score (nSPS) is 16.9. The maximum atomic E-state index is 12.2. The molecule has 1 unspecified atom stereocenters. The molecule has 10 heteroatoms. The van der Waals surface area contributed by atoms with Crippen molar-refractivity contribution in [3.63, 3.8) is 0 Å². The van der Waals surface area contributed by atoms with Gasteiger partial charge in [0.25, 0.3) is 5.91 Å². The Balaban J connectivity index is 1.49. The Morgan fingerprint density at radius 2 is 1.97 bits per heavy atom. The zero-order valence-corrected chi connectivity index (χ0v) is 18.0. The first-order valence-electron chi connectivity index (χ1n) is 10.0. The van der Waals surface area contributed by atoms with Gasteiger partial charge in [0.15, 0.2) is 5.69 Å². The van der Waals surface area contributed by atoms with Gasteiger partial charge in [-0.05, 0) is 38.5 Å². The number of rotatable bonds is 6. The molecule has 1 aromatic carbocycles. The third-order valence-electron chi connectivity index (χ3n) is 4.54.